The Morgan fingerprint density at radius 1 is 1.03 bits per heavy atom. The fraction of sp³-hybridized carbons (Fsp3) is 0.280. The zero-order valence-corrected chi connectivity index (χ0v) is 21.0. The molecule has 2 aromatic carbocycles. The monoisotopic (exact) mass is 539 g/mol. The van der Waals surface area contributed by atoms with E-state index >= 15 is 0 Å². The van der Waals surface area contributed by atoms with Crippen molar-refractivity contribution in [2.45, 2.75) is 32.1 Å². The van der Waals surface area contributed by atoms with E-state index < -0.39 is 39.5 Å². The highest BCUT2D eigenvalue weighted by Crippen LogP contribution is 2.32. The second kappa shape index (κ2) is 11.3. The molecular formula is C25H25F4N3O4S. The standard InChI is InChI=1S/C25H25F4N3O4S/c1-15(17-4-5-18(21(26)12-17)14-31-37(3,34)35)24(33)30-13-19-8-11-22(25(27,28)29)32-23(19)16-6-9-20(36-2)10-7-16/h4-12,15,31H,13-14H2,1-3H3,(H,30,33). The van der Waals surface area contributed by atoms with E-state index in [0.717, 1.165) is 18.4 Å². The van der Waals surface area contributed by atoms with E-state index in [-0.39, 0.29) is 24.3 Å². The van der Waals surface area contributed by atoms with Crippen LogP contribution < -0.4 is 14.8 Å². The van der Waals surface area contributed by atoms with Crippen LogP contribution in [0.15, 0.2) is 54.6 Å². The summed E-state index contributed by atoms with van der Waals surface area (Å²) in [7, 11) is -2.04. The van der Waals surface area contributed by atoms with Gasteiger partial charge in [-0.25, -0.2) is 22.5 Å². The van der Waals surface area contributed by atoms with Gasteiger partial charge in [0, 0.05) is 24.2 Å². The molecule has 37 heavy (non-hydrogen) atoms. The Hall–Kier alpha value is -3.51. The molecule has 2 N–H and O–H groups in total. The molecule has 1 heterocycles. The van der Waals surface area contributed by atoms with Gasteiger partial charge in [0.05, 0.1) is 25.0 Å². The molecule has 198 valence electrons. The Kier molecular flexibility index (Phi) is 8.54. The van der Waals surface area contributed by atoms with Crippen LogP contribution in [-0.4, -0.2) is 32.7 Å². The Labute approximate surface area is 211 Å². The highest BCUT2D eigenvalue weighted by atomic mass is 32.2. The van der Waals surface area contributed by atoms with Gasteiger partial charge in [-0.1, -0.05) is 18.2 Å². The SMILES string of the molecule is COc1ccc(-c2nc(C(F)(F)F)ccc2CNC(=O)C(C)c2ccc(CNS(C)(=O)=O)c(F)c2)cc1. The van der Waals surface area contributed by atoms with Crippen molar-refractivity contribution in [3.63, 3.8) is 0 Å². The van der Waals surface area contributed by atoms with E-state index in [4.69, 9.17) is 4.74 Å². The smallest absolute Gasteiger partial charge is 0.433 e. The van der Waals surface area contributed by atoms with Gasteiger partial charge >= 0.3 is 6.18 Å². The molecule has 1 aromatic heterocycles. The van der Waals surface area contributed by atoms with E-state index in [1.807, 2.05) is 0 Å². The number of ether oxygens (including phenoxy) is 1. The number of nitrogens with zero attached hydrogens (tertiary/aromatic N) is 1. The topological polar surface area (TPSA) is 97.4 Å². The maximum absolute atomic E-state index is 14.5. The third kappa shape index (κ3) is 7.49. The second-order valence-electron chi connectivity index (χ2n) is 8.31. The number of carbonyl (C=O) groups is 1. The normalized spacial score (nSPS) is 12.7. The first kappa shape index (κ1) is 28.1. The summed E-state index contributed by atoms with van der Waals surface area (Å²) >= 11 is 0. The summed E-state index contributed by atoms with van der Waals surface area (Å²) < 4.78 is 84.1. The van der Waals surface area contributed by atoms with Crippen LogP contribution in [-0.2, 0) is 34.1 Å². The Morgan fingerprint density at radius 3 is 2.24 bits per heavy atom. The number of alkyl halides is 3. The number of amides is 1. The lowest BCUT2D eigenvalue weighted by Gasteiger charge is -2.16. The molecule has 1 atom stereocenters. The fourth-order valence-corrected chi connectivity index (χ4v) is 3.88. The Bertz CT molecular complexity index is 1380. The van der Waals surface area contributed by atoms with Crippen molar-refractivity contribution in [3.05, 3.63) is 82.8 Å². The van der Waals surface area contributed by atoms with Gasteiger partial charge in [0.1, 0.15) is 17.3 Å². The van der Waals surface area contributed by atoms with Crippen LogP contribution in [0.2, 0.25) is 0 Å². The number of hydrogen-bond donors (Lipinski definition) is 2. The molecule has 0 bridgehead atoms. The maximum atomic E-state index is 14.5. The lowest BCUT2D eigenvalue weighted by atomic mass is 9.98. The third-order valence-electron chi connectivity index (χ3n) is 5.58. The highest BCUT2D eigenvalue weighted by Gasteiger charge is 2.33. The molecule has 3 rings (SSSR count). The molecule has 0 radical (unpaired) electrons. The summed E-state index contributed by atoms with van der Waals surface area (Å²) in [5.74, 6) is -1.44. The zero-order valence-electron chi connectivity index (χ0n) is 20.2. The number of sulfonamides is 1. The van der Waals surface area contributed by atoms with Gasteiger partial charge in [0.25, 0.3) is 0 Å². The summed E-state index contributed by atoms with van der Waals surface area (Å²) in [6.07, 6.45) is -3.69. The number of aromatic nitrogens is 1. The predicted octanol–water partition coefficient (Wildman–Crippen LogP) is 4.38. The summed E-state index contributed by atoms with van der Waals surface area (Å²) in [6, 6.07) is 12.4. The molecule has 7 nitrogen and oxygen atoms in total. The number of hydrogen-bond acceptors (Lipinski definition) is 5. The van der Waals surface area contributed by atoms with Gasteiger partial charge in [-0.2, -0.15) is 13.2 Å². The van der Waals surface area contributed by atoms with Gasteiger partial charge in [-0.05, 0) is 54.4 Å². The maximum Gasteiger partial charge on any atom is 0.433 e. The van der Waals surface area contributed by atoms with Crippen molar-refractivity contribution in [2.75, 3.05) is 13.4 Å². The van der Waals surface area contributed by atoms with E-state index in [0.29, 0.717) is 22.4 Å². The Balaban J connectivity index is 1.78. The predicted molar refractivity (Wildman–Crippen MR) is 130 cm³/mol. The summed E-state index contributed by atoms with van der Waals surface area (Å²) in [4.78, 5) is 16.6. The van der Waals surface area contributed by atoms with Gasteiger partial charge in [-0.3, -0.25) is 4.79 Å². The summed E-state index contributed by atoms with van der Waals surface area (Å²) in [5.41, 5.74) is 0.208. The highest BCUT2D eigenvalue weighted by molar-refractivity contribution is 7.88. The first-order chi connectivity index (χ1) is 17.3. The van der Waals surface area contributed by atoms with Crippen LogP contribution in [0.5, 0.6) is 5.75 Å². The van der Waals surface area contributed by atoms with Gasteiger partial charge in [-0.15, -0.1) is 0 Å². The van der Waals surface area contributed by atoms with E-state index in [2.05, 4.69) is 15.0 Å². The molecule has 0 fully saturated rings. The minimum atomic E-state index is -4.65. The molecule has 3 aromatic rings. The molecule has 0 spiro atoms. The van der Waals surface area contributed by atoms with Gasteiger partial charge in [0.2, 0.25) is 15.9 Å². The first-order valence-corrected chi connectivity index (χ1v) is 12.9. The molecule has 12 heteroatoms. The van der Waals surface area contributed by atoms with Crippen molar-refractivity contribution in [2.24, 2.45) is 0 Å². The van der Waals surface area contributed by atoms with E-state index in [1.54, 1.807) is 31.2 Å². The minimum Gasteiger partial charge on any atom is -0.497 e. The van der Waals surface area contributed by atoms with Crippen LogP contribution in [0.1, 0.15) is 35.2 Å². The number of nitrogens with one attached hydrogen (secondary N) is 2. The van der Waals surface area contributed by atoms with E-state index in [1.165, 1.54) is 25.3 Å². The largest absolute Gasteiger partial charge is 0.497 e. The Morgan fingerprint density at radius 2 is 1.68 bits per heavy atom. The number of benzene rings is 2. The molecule has 1 amide bonds. The van der Waals surface area contributed by atoms with Crippen LogP contribution >= 0.6 is 0 Å². The van der Waals surface area contributed by atoms with Gasteiger partial charge in [0.15, 0.2) is 0 Å². The minimum absolute atomic E-state index is 0.0548. The molecule has 0 aliphatic rings. The van der Waals surface area contributed by atoms with Crippen molar-refractivity contribution < 1.29 is 35.5 Å². The third-order valence-corrected chi connectivity index (χ3v) is 6.25. The molecule has 1 unspecified atom stereocenters. The number of halogens is 4. The van der Waals surface area contributed by atoms with Crippen LogP contribution in [0.25, 0.3) is 11.3 Å². The number of methoxy groups -OCH3 is 1. The van der Waals surface area contributed by atoms with Crippen molar-refractivity contribution >= 4 is 15.9 Å². The molecule has 0 saturated heterocycles. The number of rotatable bonds is 9. The average Bonchev–Trinajstić information content (AvgIpc) is 2.85. The number of pyridine rings is 1. The summed E-state index contributed by atoms with van der Waals surface area (Å²) in [6.45, 7) is 1.20. The summed E-state index contributed by atoms with van der Waals surface area (Å²) in [5, 5.41) is 2.67. The van der Waals surface area contributed by atoms with Crippen LogP contribution in [0.3, 0.4) is 0 Å². The van der Waals surface area contributed by atoms with Crippen LogP contribution in [0, 0.1) is 5.82 Å². The molecule has 0 aliphatic carbocycles. The number of carbonyl (C=O) groups excluding carboxylic acids is 1. The van der Waals surface area contributed by atoms with Crippen molar-refractivity contribution in [1.29, 1.82) is 0 Å². The van der Waals surface area contributed by atoms with Gasteiger partial charge < -0.3 is 10.1 Å². The van der Waals surface area contributed by atoms with Crippen molar-refractivity contribution in [3.8, 4) is 17.0 Å². The fourth-order valence-electron chi connectivity index (χ4n) is 3.46. The second-order valence-corrected chi connectivity index (χ2v) is 10.1. The molecular weight excluding hydrogens is 514 g/mol. The zero-order chi connectivity index (χ0) is 27.4. The quantitative estimate of drug-likeness (QED) is 0.394. The van der Waals surface area contributed by atoms with Crippen molar-refractivity contribution in [1.82, 2.24) is 15.0 Å². The molecule has 0 saturated carbocycles. The lowest BCUT2D eigenvalue weighted by Crippen LogP contribution is -2.28. The average molecular weight is 540 g/mol. The van der Waals surface area contributed by atoms with E-state index in [9.17, 15) is 30.8 Å². The lowest BCUT2D eigenvalue weighted by molar-refractivity contribution is -0.141. The first-order valence-electron chi connectivity index (χ1n) is 11.0. The molecule has 0 aliphatic heterocycles. The van der Waals surface area contributed by atoms with Crippen LogP contribution in [0.4, 0.5) is 17.6 Å².